The van der Waals surface area contributed by atoms with E-state index in [9.17, 15) is 18.0 Å². The fourth-order valence-electron chi connectivity index (χ4n) is 3.71. The van der Waals surface area contributed by atoms with Crippen LogP contribution in [-0.2, 0) is 11.2 Å². The summed E-state index contributed by atoms with van der Waals surface area (Å²) in [6.07, 6.45) is 5.70. The van der Waals surface area contributed by atoms with E-state index in [1.807, 2.05) is 6.07 Å². The van der Waals surface area contributed by atoms with Crippen LogP contribution in [0, 0.1) is 12.8 Å². The number of fused-ring (bicyclic) bond motifs is 1. The molecule has 0 saturated heterocycles. The van der Waals surface area contributed by atoms with Gasteiger partial charge in [-0.05, 0) is 42.7 Å². The summed E-state index contributed by atoms with van der Waals surface area (Å²) in [6, 6.07) is 12.5. The number of nitrogens with zero attached hydrogens (tertiary/aromatic N) is 1. The molecule has 4 rings (SSSR count). The van der Waals surface area contributed by atoms with E-state index >= 15 is 0 Å². The summed E-state index contributed by atoms with van der Waals surface area (Å²) in [6.45, 7) is 3.80. The third-order valence-electron chi connectivity index (χ3n) is 5.45. The number of rotatable bonds is 3. The molecule has 0 aliphatic carbocycles. The predicted molar refractivity (Wildman–Crippen MR) is 138 cm³/mol. The molecular weight excluding hydrogens is 512 g/mol. The fraction of sp³-hybridized carbons (Fsp3) is 0.269. The number of amides is 1. The highest BCUT2D eigenvalue weighted by molar-refractivity contribution is 6.42. The molecule has 0 aromatic heterocycles. The molecule has 2 aromatic carbocycles. The van der Waals surface area contributed by atoms with Crippen LogP contribution in [0.25, 0.3) is 0 Å². The van der Waals surface area contributed by atoms with Crippen LogP contribution in [0.3, 0.4) is 0 Å². The van der Waals surface area contributed by atoms with Crippen molar-refractivity contribution in [2.24, 2.45) is 0 Å². The molecule has 2 heterocycles. The summed E-state index contributed by atoms with van der Waals surface area (Å²) < 4.78 is 39.5. The number of hydrazine groups is 1. The monoisotopic (exact) mass is 538 g/mol. The lowest BCUT2D eigenvalue weighted by Crippen LogP contribution is -2.51. The number of allylic oxidation sites excluding steroid dienone is 1. The summed E-state index contributed by atoms with van der Waals surface area (Å²) in [4.78, 5) is 12.4. The SMILES string of the molecule is C#C.CCc1ccccc1.CNC(=O)C1=C(C)NC2=CC(C(F)(F)F)NN2C1c1ccc(Cl)c(Cl)c1. The molecule has 2 unspecified atom stereocenters. The first-order chi connectivity index (χ1) is 17.1. The van der Waals surface area contributed by atoms with Gasteiger partial charge in [-0.3, -0.25) is 9.80 Å². The molecule has 192 valence electrons. The number of nitrogens with one attached hydrogen (secondary N) is 3. The van der Waals surface area contributed by atoms with E-state index < -0.39 is 24.2 Å². The molecule has 2 atom stereocenters. The van der Waals surface area contributed by atoms with E-state index in [-0.39, 0.29) is 16.4 Å². The van der Waals surface area contributed by atoms with Crippen LogP contribution >= 0.6 is 23.2 Å². The van der Waals surface area contributed by atoms with Crippen LogP contribution in [0.5, 0.6) is 0 Å². The van der Waals surface area contributed by atoms with E-state index in [0.717, 1.165) is 12.5 Å². The lowest BCUT2D eigenvalue weighted by Gasteiger charge is -2.39. The number of hydrogen-bond donors (Lipinski definition) is 3. The first kappa shape index (κ1) is 29.1. The molecule has 2 aromatic rings. The Labute approximate surface area is 219 Å². The minimum atomic E-state index is -4.48. The van der Waals surface area contributed by atoms with Crippen molar-refractivity contribution in [3.63, 3.8) is 0 Å². The fourth-order valence-corrected chi connectivity index (χ4v) is 4.02. The van der Waals surface area contributed by atoms with Gasteiger partial charge in [0.1, 0.15) is 17.9 Å². The largest absolute Gasteiger partial charge is 0.409 e. The van der Waals surface area contributed by atoms with Crippen LogP contribution in [-0.4, -0.2) is 30.2 Å². The Hall–Kier alpha value is -3.12. The lowest BCUT2D eigenvalue weighted by molar-refractivity contribution is -0.151. The molecule has 0 radical (unpaired) electrons. The van der Waals surface area contributed by atoms with Crippen molar-refractivity contribution in [2.45, 2.75) is 38.5 Å². The predicted octanol–water partition coefficient (Wildman–Crippen LogP) is 5.75. The number of halogens is 5. The van der Waals surface area contributed by atoms with Crippen LogP contribution in [0.1, 0.15) is 31.0 Å². The average molecular weight is 539 g/mol. The molecule has 2 aliphatic heterocycles. The quantitative estimate of drug-likeness (QED) is 0.435. The van der Waals surface area contributed by atoms with Crippen molar-refractivity contribution < 1.29 is 18.0 Å². The second-order valence-electron chi connectivity index (χ2n) is 7.73. The Morgan fingerprint density at radius 3 is 2.25 bits per heavy atom. The molecule has 3 N–H and O–H groups in total. The highest BCUT2D eigenvalue weighted by atomic mass is 35.5. The lowest BCUT2D eigenvalue weighted by atomic mass is 9.94. The molecule has 5 nitrogen and oxygen atoms in total. The van der Waals surface area contributed by atoms with Crippen LogP contribution in [0.2, 0.25) is 10.0 Å². The van der Waals surface area contributed by atoms with Gasteiger partial charge in [0, 0.05) is 12.7 Å². The van der Waals surface area contributed by atoms with Gasteiger partial charge in [0.2, 0.25) is 0 Å². The molecule has 2 aliphatic rings. The molecule has 36 heavy (non-hydrogen) atoms. The maximum atomic E-state index is 13.2. The first-order valence-corrected chi connectivity index (χ1v) is 11.7. The topological polar surface area (TPSA) is 56.4 Å². The van der Waals surface area contributed by atoms with Gasteiger partial charge in [-0.25, -0.2) is 5.43 Å². The molecule has 0 spiro atoms. The van der Waals surface area contributed by atoms with Gasteiger partial charge >= 0.3 is 6.18 Å². The molecule has 0 bridgehead atoms. The maximum absolute atomic E-state index is 13.2. The third-order valence-corrected chi connectivity index (χ3v) is 6.19. The summed E-state index contributed by atoms with van der Waals surface area (Å²) in [5.74, 6) is -0.198. The molecular formula is C26H27Cl2F3N4O. The second kappa shape index (κ2) is 12.7. The zero-order valence-corrected chi connectivity index (χ0v) is 21.5. The Bertz CT molecular complexity index is 1150. The number of terminal acetylenes is 1. The van der Waals surface area contributed by atoms with E-state index in [4.69, 9.17) is 23.2 Å². The standard InChI is InChI=1S/C16H15Cl2F3N4O.C8H10.C2H2/c1-7-13(15(26)22-2)14(8-3-4-9(17)10(18)5-8)25-12(23-7)6-11(24-25)16(19,20)21;1-2-8-6-4-3-5-7-8;1-2/h3-6,11,14,23-24H,1-2H3,(H,22,26);3-7H,2H2,1H3;1-2H. The van der Waals surface area contributed by atoms with E-state index in [1.54, 1.807) is 19.1 Å². The Balaban J connectivity index is 0.000000384. The van der Waals surface area contributed by atoms with Gasteiger partial charge in [0.25, 0.3) is 5.91 Å². The van der Waals surface area contributed by atoms with Crippen molar-refractivity contribution in [1.82, 2.24) is 21.1 Å². The number of hydrogen-bond acceptors (Lipinski definition) is 4. The number of benzene rings is 2. The van der Waals surface area contributed by atoms with Crippen molar-refractivity contribution in [3.8, 4) is 12.8 Å². The maximum Gasteiger partial charge on any atom is 0.409 e. The normalized spacial score (nSPS) is 18.5. The van der Waals surface area contributed by atoms with Crippen LogP contribution in [0.4, 0.5) is 13.2 Å². The number of carbonyl (C=O) groups excluding carboxylic acids is 1. The Morgan fingerprint density at radius 2 is 1.75 bits per heavy atom. The molecule has 10 heteroatoms. The summed E-state index contributed by atoms with van der Waals surface area (Å²) in [5, 5.41) is 7.22. The highest BCUT2D eigenvalue weighted by Crippen LogP contribution is 2.40. The van der Waals surface area contributed by atoms with Gasteiger partial charge < -0.3 is 10.6 Å². The summed E-state index contributed by atoms with van der Waals surface area (Å²) >= 11 is 12.0. The molecule has 0 fully saturated rings. The second-order valence-corrected chi connectivity index (χ2v) is 8.54. The van der Waals surface area contributed by atoms with E-state index in [1.165, 1.54) is 23.7 Å². The van der Waals surface area contributed by atoms with Gasteiger partial charge in [-0.2, -0.15) is 13.2 Å². The zero-order chi connectivity index (χ0) is 27.0. The van der Waals surface area contributed by atoms with E-state index in [0.29, 0.717) is 16.3 Å². The van der Waals surface area contributed by atoms with Crippen molar-refractivity contribution in [3.05, 3.63) is 92.9 Å². The molecule has 0 saturated carbocycles. The smallest absolute Gasteiger partial charge is 0.355 e. The third kappa shape index (κ3) is 6.76. The molecule has 1 amide bonds. The van der Waals surface area contributed by atoms with Crippen LogP contribution < -0.4 is 16.1 Å². The number of aryl methyl sites for hydroxylation is 1. The highest BCUT2D eigenvalue weighted by Gasteiger charge is 2.47. The zero-order valence-electron chi connectivity index (χ0n) is 20.0. The van der Waals surface area contributed by atoms with E-state index in [2.05, 4.69) is 60.1 Å². The van der Waals surface area contributed by atoms with Gasteiger partial charge in [-0.1, -0.05) is 66.5 Å². The van der Waals surface area contributed by atoms with Crippen molar-refractivity contribution >= 4 is 29.1 Å². The minimum Gasteiger partial charge on any atom is -0.355 e. The van der Waals surface area contributed by atoms with Gasteiger partial charge in [-0.15, -0.1) is 12.8 Å². The number of carbonyl (C=O) groups is 1. The minimum absolute atomic E-state index is 0.216. The van der Waals surface area contributed by atoms with Crippen molar-refractivity contribution in [1.29, 1.82) is 0 Å². The van der Waals surface area contributed by atoms with Gasteiger partial charge in [0.15, 0.2) is 0 Å². The summed E-state index contributed by atoms with van der Waals surface area (Å²) in [7, 11) is 1.45. The van der Waals surface area contributed by atoms with Crippen LogP contribution in [0.15, 0.2) is 71.7 Å². The Morgan fingerprint density at radius 1 is 1.11 bits per heavy atom. The average Bonchev–Trinajstić information content (AvgIpc) is 3.31. The van der Waals surface area contributed by atoms with Crippen molar-refractivity contribution in [2.75, 3.05) is 7.05 Å². The summed E-state index contributed by atoms with van der Waals surface area (Å²) in [5.41, 5.74) is 5.07. The Kier molecular flexibility index (Phi) is 10.3. The number of likely N-dealkylation sites (N-methyl/N-ethyl adjacent to an activating group) is 1. The van der Waals surface area contributed by atoms with Gasteiger partial charge in [0.05, 0.1) is 15.6 Å². The number of alkyl halides is 3. The first-order valence-electron chi connectivity index (χ1n) is 10.9.